The average Bonchev–Trinajstić information content (AvgIpc) is 1.81. The third-order valence-electron chi connectivity index (χ3n) is 2.53. The second-order valence-corrected chi connectivity index (χ2v) is 4.77. The molecule has 0 spiro atoms. The molecule has 0 fully saturated rings. The molecule has 0 saturated carbocycles. The van der Waals surface area contributed by atoms with Gasteiger partial charge >= 0.3 is 0 Å². The van der Waals surface area contributed by atoms with Gasteiger partial charge in [-0.05, 0) is 39.5 Å². The molecule has 1 atom stereocenters. The van der Waals surface area contributed by atoms with Gasteiger partial charge in [0.2, 0.25) is 0 Å². The molecule has 0 amide bonds. The van der Waals surface area contributed by atoms with Crippen LogP contribution in [0, 0.1) is 5.92 Å². The van der Waals surface area contributed by atoms with Gasteiger partial charge in [-0.25, -0.2) is 0 Å². The first kappa shape index (κ1) is 11.9. The van der Waals surface area contributed by atoms with Crippen molar-refractivity contribution in [2.24, 2.45) is 5.92 Å². The van der Waals surface area contributed by atoms with Crippen molar-refractivity contribution in [3.63, 3.8) is 0 Å². The summed E-state index contributed by atoms with van der Waals surface area (Å²) in [5.41, 5.74) is -1.99. The van der Waals surface area contributed by atoms with Gasteiger partial charge < -0.3 is 10.2 Å². The molecule has 0 aliphatic carbocycles. The first-order valence-corrected chi connectivity index (χ1v) is 4.61. The van der Waals surface area contributed by atoms with Gasteiger partial charge in [-0.2, -0.15) is 0 Å². The zero-order valence-electron chi connectivity index (χ0n) is 8.89. The van der Waals surface area contributed by atoms with Gasteiger partial charge in [0, 0.05) is 0 Å². The number of aliphatic hydroxyl groups is 2. The van der Waals surface area contributed by atoms with Gasteiger partial charge in [0.25, 0.3) is 0 Å². The lowest BCUT2D eigenvalue weighted by atomic mass is 9.82. The molecule has 0 saturated heterocycles. The van der Waals surface area contributed by atoms with Crippen molar-refractivity contribution in [2.75, 3.05) is 0 Å². The molecule has 0 bridgehead atoms. The van der Waals surface area contributed by atoms with E-state index in [9.17, 15) is 10.2 Å². The fourth-order valence-corrected chi connectivity index (χ4v) is 0.876. The second-order valence-electron chi connectivity index (χ2n) is 4.77. The van der Waals surface area contributed by atoms with Crippen LogP contribution in [0.1, 0.15) is 47.5 Å². The zero-order chi connectivity index (χ0) is 9.99. The summed E-state index contributed by atoms with van der Waals surface area (Å²) in [5, 5.41) is 19.5. The molecule has 0 aromatic rings. The first-order chi connectivity index (χ1) is 5.17. The summed E-state index contributed by atoms with van der Waals surface area (Å²) in [5.74, 6) is 0.568. The Bertz CT molecular complexity index is 131. The number of hydrogen-bond donors (Lipinski definition) is 2. The van der Waals surface area contributed by atoms with E-state index in [1.165, 1.54) is 0 Å². The van der Waals surface area contributed by atoms with Crippen LogP contribution in [0.3, 0.4) is 0 Å². The monoisotopic (exact) mass is 174 g/mol. The highest BCUT2D eigenvalue weighted by Crippen LogP contribution is 2.27. The Morgan fingerprint density at radius 3 is 1.75 bits per heavy atom. The van der Waals surface area contributed by atoms with Gasteiger partial charge in [-0.3, -0.25) is 0 Å². The molecule has 12 heavy (non-hydrogen) atoms. The Morgan fingerprint density at radius 2 is 1.50 bits per heavy atom. The van der Waals surface area contributed by atoms with Crippen LogP contribution in [0.25, 0.3) is 0 Å². The van der Waals surface area contributed by atoms with E-state index >= 15 is 0 Å². The molecule has 0 heterocycles. The highest BCUT2D eigenvalue weighted by atomic mass is 16.3. The van der Waals surface area contributed by atoms with E-state index in [1.807, 2.05) is 0 Å². The Balaban J connectivity index is 4.05. The summed E-state index contributed by atoms with van der Waals surface area (Å²) >= 11 is 0. The maximum absolute atomic E-state index is 9.85. The Labute approximate surface area is 75.6 Å². The summed E-state index contributed by atoms with van der Waals surface area (Å²) in [4.78, 5) is 0. The Kier molecular flexibility index (Phi) is 3.73. The lowest BCUT2D eigenvalue weighted by molar-refractivity contribution is -0.125. The van der Waals surface area contributed by atoms with Gasteiger partial charge in [-0.15, -0.1) is 0 Å². The highest BCUT2D eigenvalue weighted by Gasteiger charge is 2.36. The summed E-state index contributed by atoms with van der Waals surface area (Å²) in [7, 11) is 0. The lowest BCUT2D eigenvalue weighted by Crippen LogP contribution is -2.47. The molecule has 0 aromatic carbocycles. The SMILES string of the molecule is CC(C)CCC(C)(O)C(C)(C)O. The van der Waals surface area contributed by atoms with Crippen LogP contribution in [0.2, 0.25) is 0 Å². The number of hydrogen-bond acceptors (Lipinski definition) is 2. The van der Waals surface area contributed by atoms with Crippen LogP contribution in [0.15, 0.2) is 0 Å². The molecule has 74 valence electrons. The highest BCUT2D eigenvalue weighted by molar-refractivity contribution is 4.89. The van der Waals surface area contributed by atoms with Gasteiger partial charge in [-0.1, -0.05) is 13.8 Å². The van der Waals surface area contributed by atoms with Crippen molar-refractivity contribution >= 4 is 0 Å². The average molecular weight is 174 g/mol. The molecule has 0 rings (SSSR count). The Morgan fingerprint density at radius 1 is 1.08 bits per heavy atom. The summed E-state index contributed by atoms with van der Waals surface area (Å²) in [6.07, 6.45) is 1.59. The normalized spacial score (nSPS) is 18.0. The summed E-state index contributed by atoms with van der Waals surface area (Å²) < 4.78 is 0. The minimum absolute atomic E-state index is 0.568. The van der Waals surface area contributed by atoms with Crippen LogP contribution in [-0.2, 0) is 0 Å². The van der Waals surface area contributed by atoms with Gasteiger partial charge in [0.05, 0.1) is 11.2 Å². The molecular weight excluding hydrogens is 152 g/mol. The predicted molar refractivity (Wildman–Crippen MR) is 51.0 cm³/mol. The quantitative estimate of drug-likeness (QED) is 0.684. The maximum atomic E-state index is 9.85. The zero-order valence-corrected chi connectivity index (χ0v) is 8.89. The molecule has 0 aliphatic rings. The molecule has 0 radical (unpaired) electrons. The van der Waals surface area contributed by atoms with Gasteiger partial charge in [0.15, 0.2) is 0 Å². The van der Waals surface area contributed by atoms with Crippen LogP contribution < -0.4 is 0 Å². The predicted octanol–water partition coefficient (Wildman–Crippen LogP) is 1.94. The maximum Gasteiger partial charge on any atom is 0.0900 e. The lowest BCUT2D eigenvalue weighted by Gasteiger charge is -2.36. The Hall–Kier alpha value is -0.0800. The third kappa shape index (κ3) is 3.55. The fourth-order valence-electron chi connectivity index (χ4n) is 0.876. The second kappa shape index (κ2) is 3.75. The smallest absolute Gasteiger partial charge is 0.0900 e. The van der Waals surface area contributed by atoms with E-state index in [4.69, 9.17) is 0 Å². The molecule has 2 N–H and O–H groups in total. The van der Waals surface area contributed by atoms with E-state index in [1.54, 1.807) is 20.8 Å². The number of rotatable bonds is 4. The van der Waals surface area contributed by atoms with E-state index in [-0.39, 0.29) is 0 Å². The van der Waals surface area contributed by atoms with Crippen molar-refractivity contribution in [2.45, 2.75) is 58.7 Å². The minimum atomic E-state index is -1.01. The topological polar surface area (TPSA) is 40.5 Å². The van der Waals surface area contributed by atoms with Crippen LogP contribution in [0.4, 0.5) is 0 Å². The van der Waals surface area contributed by atoms with E-state index in [0.29, 0.717) is 12.3 Å². The summed E-state index contributed by atoms with van der Waals surface area (Å²) in [6.45, 7) is 9.21. The molecular formula is C10H22O2. The standard InChI is InChI=1S/C10H22O2/c1-8(2)6-7-10(5,12)9(3,4)11/h8,11-12H,6-7H2,1-5H3. The third-order valence-corrected chi connectivity index (χ3v) is 2.53. The van der Waals surface area contributed by atoms with Crippen molar-refractivity contribution in [1.82, 2.24) is 0 Å². The van der Waals surface area contributed by atoms with E-state index < -0.39 is 11.2 Å². The van der Waals surface area contributed by atoms with Crippen LogP contribution >= 0.6 is 0 Å². The molecule has 1 unspecified atom stereocenters. The largest absolute Gasteiger partial charge is 0.387 e. The fraction of sp³-hybridized carbons (Fsp3) is 1.00. The summed E-state index contributed by atoms with van der Waals surface area (Å²) in [6, 6.07) is 0. The van der Waals surface area contributed by atoms with E-state index in [2.05, 4.69) is 13.8 Å². The molecule has 0 aromatic heterocycles. The van der Waals surface area contributed by atoms with Crippen molar-refractivity contribution in [3.05, 3.63) is 0 Å². The molecule has 0 aliphatic heterocycles. The van der Waals surface area contributed by atoms with Crippen LogP contribution in [0.5, 0.6) is 0 Å². The van der Waals surface area contributed by atoms with Crippen molar-refractivity contribution in [1.29, 1.82) is 0 Å². The van der Waals surface area contributed by atoms with E-state index in [0.717, 1.165) is 6.42 Å². The van der Waals surface area contributed by atoms with Crippen molar-refractivity contribution in [3.8, 4) is 0 Å². The van der Waals surface area contributed by atoms with Crippen LogP contribution in [-0.4, -0.2) is 21.4 Å². The van der Waals surface area contributed by atoms with Gasteiger partial charge in [0.1, 0.15) is 0 Å². The minimum Gasteiger partial charge on any atom is -0.387 e. The molecule has 2 nitrogen and oxygen atoms in total. The van der Waals surface area contributed by atoms with Crippen molar-refractivity contribution < 1.29 is 10.2 Å². The molecule has 2 heteroatoms. The first-order valence-electron chi connectivity index (χ1n) is 4.61.